The molecule has 0 spiro atoms. The van der Waals surface area contributed by atoms with Crippen LogP contribution in [0.4, 0.5) is 10.1 Å². The van der Waals surface area contributed by atoms with E-state index in [2.05, 4.69) is 15.5 Å². The van der Waals surface area contributed by atoms with Gasteiger partial charge in [-0.1, -0.05) is 11.6 Å². The summed E-state index contributed by atoms with van der Waals surface area (Å²) in [6, 6.07) is 10.0. The summed E-state index contributed by atoms with van der Waals surface area (Å²) in [6.07, 6.45) is 0.0598. The van der Waals surface area contributed by atoms with Gasteiger partial charge in [0.1, 0.15) is 5.82 Å². The normalized spacial score (nSPS) is 11.7. The third-order valence-corrected chi connectivity index (χ3v) is 3.80. The van der Waals surface area contributed by atoms with Crippen LogP contribution in [0.25, 0.3) is 11.5 Å². The highest BCUT2D eigenvalue weighted by molar-refractivity contribution is 6.30. The van der Waals surface area contributed by atoms with Gasteiger partial charge < -0.3 is 14.5 Å². The van der Waals surface area contributed by atoms with Crippen molar-refractivity contribution in [2.45, 2.75) is 13.0 Å². The molecule has 3 rings (SSSR count). The summed E-state index contributed by atoms with van der Waals surface area (Å²) in [4.78, 5) is 24.3. The van der Waals surface area contributed by atoms with Crippen molar-refractivity contribution in [2.75, 3.05) is 5.32 Å². The van der Waals surface area contributed by atoms with Crippen LogP contribution in [0.15, 0.2) is 53.3 Å². The number of amides is 1. The number of carbonyl (C=O) groups excluding carboxylic acids is 2. The Kier molecular flexibility index (Phi) is 5.46. The molecule has 1 amide bonds. The fourth-order valence-electron chi connectivity index (χ4n) is 2.16. The monoisotopic (exact) mass is 389 g/mol. The number of nitrogens with zero attached hydrogens (tertiary/aromatic N) is 2. The molecule has 0 unspecified atom stereocenters. The van der Waals surface area contributed by atoms with Gasteiger partial charge in [-0.3, -0.25) is 4.79 Å². The van der Waals surface area contributed by atoms with Gasteiger partial charge in [0.25, 0.3) is 5.91 Å². The number of hydrogen-bond acceptors (Lipinski definition) is 6. The van der Waals surface area contributed by atoms with Crippen LogP contribution in [0, 0.1) is 5.82 Å². The summed E-state index contributed by atoms with van der Waals surface area (Å²) >= 11 is 5.66. The summed E-state index contributed by atoms with van der Waals surface area (Å²) in [5.41, 5.74) is 0.805. The Morgan fingerprint density at radius 3 is 2.59 bits per heavy atom. The highest BCUT2D eigenvalue weighted by atomic mass is 35.5. The molecule has 2 aromatic carbocycles. The summed E-state index contributed by atoms with van der Waals surface area (Å²) in [5, 5.41) is 9.88. The van der Waals surface area contributed by atoms with E-state index in [4.69, 9.17) is 20.8 Å². The summed E-state index contributed by atoms with van der Waals surface area (Å²) in [7, 11) is 0. The lowest BCUT2D eigenvalue weighted by Crippen LogP contribution is -2.30. The van der Waals surface area contributed by atoms with Gasteiger partial charge in [-0.15, -0.1) is 10.2 Å². The van der Waals surface area contributed by atoms with Crippen molar-refractivity contribution in [2.24, 2.45) is 0 Å². The maximum atomic E-state index is 13.7. The summed E-state index contributed by atoms with van der Waals surface area (Å²) in [5.74, 6) is -1.75. The van der Waals surface area contributed by atoms with Gasteiger partial charge >= 0.3 is 5.97 Å². The number of ether oxygens (including phenoxy) is 1. The number of halogens is 2. The third-order valence-electron chi connectivity index (χ3n) is 3.57. The molecule has 27 heavy (non-hydrogen) atoms. The summed E-state index contributed by atoms with van der Waals surface area (Å²) in [6.45, 7) is 1.38. The highest BCUT2D eigenvalue weighted by Gasteiger charge is 2.20. The maximum Gasteiger partial charge on any atom is 0.338 e. The lowest BCUT2D eigenvalue weighted by Gasteiger charge is -2.14. The predicted molar refractivity (Wildman–Crippen MR) is 94.7 cm³/mol. The van der Waals surface area contributed by atoms with Crippen LogP contribution >= 0.6 is 11.6 Å². The number of aromatic nitrogens is 2. The molecule has 0 aliphatic carbocycles. The van der Waals surface area contributed by atoms with Gasteiger partial charge in [0.15, 0.2) is 6.10 Å². The molecule has 0 aliphatic heterocycles. The first-order valence-corrected chi connectivity index (χ1v) is 8.15. The Bertz CT molecular complexity index is 961. The number of benzene rings is 2. The van der Waals surface area contributed by atoms with E-state index in [0.29, 0.717) is 11.5 Å². The average molecular weight is 390 g/mol. The van der Waals surface area contributed by atoms with Crippen LogP contribution in [0.5, 0.6) is 0 Å². The highest BCUT2D eigenvalue weighted by Crippen LogP contribution is 2.20. The largest absolute Gasteiger partial charge is 0.449 e. The van der Waals surface area contributed by atoms with Crippen molar-refractivity contribution < 1.29 is 23.1 Å². The Balaban J connectivity index is 1.62. The molecule has 9 heteroatoms. The Labute approximate surface area is 158 Å². The zero-order valence-corrected chi connectivity index (χ0v) is 14.7. The van der Waals surface area contributed by atoms with Gasteiger partial charge in [-0.25, -0.2) is 9.18 Å². The van der Waals surface area contributed by atoms with Crippen LogP contribution < -0.4 is 5.32 Å². The Morgan fingerprint density at radius 2 is 1.96 bits per heavy atom. The standard InChI is InChI=1S/C18H13ClFN3O4/c1-10(16(24)22-15-7-6-13(19)8-14(15)20)27-18(25)12-4-2-11(3-5-12)17-23-21-9-26-17/h2-10H,1H3,(H,22,24)/t10-/m1/s1. The zero-order chi connectivity index (χ0) is 19.4. The smallest absolute Gasteiger partial charge is 0.338 e. The van der Waals surface area contributed by atoms with Gasteiger partial charge in [0.05, 0.1) is 11.3 Å². The molecule has 1 aromatic heterocycles. The van der Waals surface area contributed by atoms with E-state index < -0.39 is 23.8 Å². The molecular weight excluding hydrogens is 377 g/mol. The van der Waals surface area contributed by atoms with Crippen molar-refractivity contribution in [3.63, 3.8) is 0 Å². The van der Waals surface area contributed by atoms with Crippen molar-refractivity contribution in [3.8, 4) is 11.5 Å². The predicted octanol–water partition coefficient (Wildman–Crippen LogP) is 3.71. The van der Waals surface area contributed by atoms with Crippen LogP contribution in [0.2, 0.25) is 5.02 Å². The molecule has 3 aromatic rings. The van der Waals surface area contributed by atoms with Crippen LogP contribution in [0.3, 0.4) is 0 Å². The molecule has 1 heterocycles. The van der Waals surface area contributed by atoms with E-state index in [9.17, 15) is 14.0 Å². The number of carbonyl (C=O) groups is 2. The molecule has 1 N–H and O–H groups in total. The second kappa shape index (κ2) is 7.96. The number of hydrogen-bond donors (Lipinski definition) is 1. The summed E-state index contributed by atoms with van der Waals surface area (Å²) < 4.78 is 23.9. The zero-order valence-electron chi connectivity index (χ0n) is 14.0. The first-order chi connectivity index (χ1) is 12.9. The van der Waals surface area contributed by atoms with E-state index in [1.165, 1.54) is 37.6 Å². The minimum atomic E-state index is -1.14. The third kappa shape index (κ3) is 4.48. The van der Waals surface area contributed by atoms with Crippen molar-refractivity contribution >= 4 is 29.2 Å². The quantitative estimate of drug-likeness (QED) is 0.668. The van der Waals surface area contributed by atoms with Crippen LogP contribution in [0.1, 0.15) is 17.3 Å². The SMILES string of the molecule is C[C@@H](OC(=O)c1ccc(-c2nnco2)cc1)C(=O)Nc1ccc(Cl)cc1F. The lowest BCUT2D eigenvalue weighted by molar-refractivity contribution is -0.123. The van der Waals surface area contributed by atoms with Gasteiger partial charge in [-0.2, -0.15) is 0 Å². The molecule has 0 radical (unpaired) electrons. The van der Waals surface area contributed by atoms with Gasteiger partial charge in [0, 0.05) is 10.6 Å². The van der Waals surface area contributed by atoms with E-state index >= 15 is 0 Å². The topological polar surface area (TPSA) is 94.3 Å². The maximum absolute atomic E-state index is 13.7. The number of anilines is 1. The second-order valence-corrected chi connectivity index (χ2v) is 5.92. The molecule has 7 nitrogen and oxygen atoms in total. The van der Waals surface area contributed by atoms with Gasteiger partial charge in [0.2, 0.25) is 12.3 Å². The van der Waals surface area contributed by atoms with E-state index in [-0.39, 0.29) is 16.3 Å². The van der Waals surface area contributed by atoms with Gasteiger partial charge in [-0.05, 0) is 49.4 Å². The minimum Gasteiger partial charge on any atom is -0.449 e. The van der Waals surface area contributed by atoms with E-state index in [1.54, 1.807) is 12.1 Å². The molecule has 0 fully saturated rings. The van der Waals surface area contributed by atoms with Crippen molar-refractivity contribution in [3.05, 3.63) is 65.3 Å². The molecular formula is C18H13ClFN3O4. The molecule has 0 aliphatic rings. The van der Waals surface area contributed by atoms with E-state index in [0.717, 1.165) is 6.07 Å². The first-order valence-electron chi connectivity index (χ1n) is 7.77. The minimum absolute atomic E-state index is 0.0591. The molecule has 1 atom stereocenters. The number of rotatable bonds is 5. The van der Waals surface area contributed by atoms with E-state index in [1.807, 2.05) is 0 Å². The Morgan fingerprint density at radius 1 is 1.22 bits per heavy atom. The number of nitrogens with one attached hydrogen (secondary N) is 1. The van der Waals surface area contributed by atoms with Crippen LogP contribution in [-0.2, 0) is 9.53 Å². The average Bonchev–Trinajstić information content (AvgIpc) is 3.18. The van der Waals surface area contributed by atoms with Crippen molar-refractivity contribution in [1.29, 1.82) is 0 Å². The molecule has 138 valence electrons. The fraction of sp³-hybridized carbons (Fsp3) is 0.111. The van der Waals surface area contributed by atoms with Crippen LogP contribution in [-0.4, -0.2) is 28.2 Å². The second-order valence-electron chi connectivity index (χ2n) is 5.48. The molecule has 0 bridgehead atoms. The molecule has 0 saturated carbocycles. The fourth-order valence-corrected chi connectivity index (χ4v) is 2.31. The first kappa shape index (κ1) is 18.5. The van der Waals surface area contributed by atoms with Crippen molar-refractivity contribution in [1.82, 2.24) is 10.2 Å². The Hall–Kier alpha value is -3.26. The number of esters is 1. The molecule has 0 saturated heterocycles. The lowest BCUT2D eigenvalue weighted by atomic mass is 10.1.